The molecule has 0 atom stereocenters. The van der Waals surface area contributed by atoms with E-state index in [1.807, 2.05) is 0 Å². The molecule has 32 heavy (non-hydrogen) atoms. The van der Waals surface area contributed by atoms with Crippen molar-refractivity contribution in [1.29, 1.82) is 0 Å². The number of aliphatic hydroxyl groups is 1. The lowest BCUT2D eigenvalue weighted by Gasteiger charge is -2.15. The molecule has 0 saturated heterocycles. The highest BCUT2D eigenvalue weighted by Gasteiger charge is 2.34. The third-order valence-electron chi connectivity index (χ3n) is 4.74. The van der Waals surface area contributed by atoms with E-state index in [-0.39, 0.29) is 35.9 Å². The number of hydrogen-bond donors (Lipinski definition) is 3. The molecule has 170 valence electrons. The third kappa shape index (κ3) is 4.84. The standard InChI is InChI=1S/C21H23N3O7S/c1-30-18-6-4-3-5-17(18)23-32(28,29)15-9-7-14(8-10-15)22-19-16(21(27)31-2)13-24(11-12-25)20(19)26/h3-10,22-23,25H,11-13H2,1-2H3. The summed E-state index contributed by atoms with van der Waals surface area (Å²) < 4.78 is 37.8. The summed E-state index contributed by atoms with van der Waals surface area (Å²) in [5, 5.41) is 12.0. The van der Waals surface area contributed by atoms with Gasteiger partial charge in [0.25, 0.3) is 15.9 Å². The molecule has 0 fully saturated rings. The number of para-hydroxylation sites is 2. The molecule has 2 aromatic rings. The zero-order chi connectivity index (χ0) is 23.3. The smallest absolute Gasteiger partial charge is 0.337 e. The maximum Gasteiger partial charge on any atom is 0.337 e. The number of β-amino-alcohol motifs (C(OH)–C–C–N with tert-alkyl or cyclic N) is 1. The van der Waals surface area contributed by atoms with E-state index in [1.54, 1.807) is 24.3 Å². The number of ether oxygens (including phenoxy) is 2. The summed E-state index contributed by atoms with van der Waals surface area (Å²) in [4.78, 5) is 26.0. The Kier molecular flexibility index (Phi) is 7.01. The fraction of sp³-hybridized carbons (Fsp3) is 0.238. The van der Waals surface area contributed by atoms with Crippen LogP contribution in [0, 0.1) is 0 Å². The van der Waals surface area contributed by atoms with Crippen molar-refractivity contribution in [2.45, 2.75) is 4.90 Å². The number of benzene rings is 2. The van der Waals surface area contributed by atoms with Crippen LogP contribution in [0.3, 0.4) is 0 Å². The molecule has 0 saturated carbocycles. The SMILES string of the molecule is COC(=O)C1=C(Nc2ccc(S(=O)(=O)Nc3ccccc3OC)cc2)C(=O)N(CCO)C1. The molecule has 0 unspecified atom stereocenters. The molecule has 0 spiro atoms. The number of aliphatic hydroxyl groups excluding tert-OH is 1. The van der Waals surface area contributed by atoms with Crippen molar-refractivity contribution < 1.29 is 32.6 Å². The van der Waals surface area contributed by atoms with Gasteiger partial charge in [0.2, 0.25) is 0 Å². The number of sulfonamides is 1. The second kappa shape index (κ2) is 9.71. The van der Waals surface area contributed by atoms with Crippen LogP contribution in [0.2, 0.25) is 0 Å². The summed E-state index contributed by atoms with van der Waals surface area (Å²) in [7, 11) is -1.24. The van der Waals surface area contributed by atoms with Gasteiger partial charge >= 0.3 is 5.97 Å². The summed E-state index contributed by atoms with van der Waals surface area (Å²) >= 11 is 0. The minimum absolute atomic E-state index is 0.00366. The molecule has 2 aromatic carbocycles. The Labute approximate surface area is 185 Å². The lowest BCUT2D eigenvalue weighted by Crippen LogP contribution is -2.31. The zero-order valence-corrected chi connectivity index (χ0v) is 18.3. The highest BCUT2D eigenvalue weighted by atomic mass is 32.2. The molecule has 0 aliphatic carbocycles. The Morgan fingerprint density at radius 3 is 2.44 bits per heavy atom. The van der Waals surface area contributed by atoms with Crippen molar-refractivity contribution in [1.82, 2.24) is 4.90 Å². The van der Waals surface area contributed by atoms with Crippen LogP contribution in [0.4, 0.5) is 11.4 Å². The minimum Gasteiger partial charge on any atom is -0.495 e. The number of carbonyl (C=O) groups excluding carboxylic acids is 2. The van der Waals surface area contributed by atoms with Gasteiger partial charge < -0.3 is 24.8 Å². The predicted octanol–water partition coefficient (Wildman–Crippen LogP) is 1.17. The van der Waals surface area contributed by atoms with Gasteiger partial charge in [-0.3, -0.25) is 9.52 Å². The Bertz CT molecular complexity index is 1140. The second-order valence-corrected chi connectivity index (χ2v) is 8.43. The monoisotopic (exact) mass is 461 g/mol. The average Bonchev–Trinajstić information content (AvgIpc) is 3.09. The van der Waals surface area contributed by atoms with Gasteiger partial charge in [-0.25, -0.2) is 13.2 Å². The molecule has 0 bridgehead atoms. The van der Waals surface area contributed by atoms with Crippen molar-refractivity contribution in [3.8, 4) is 5.75 Å². The first-order valence-electron chi connectivity index (χ1n) is 9.55. The van der Waals surface area contributed by atoms with Crippen LogP contribution in [0.5, 0.6) is 5.75 Å². The molecular weight excluding hydrogens is 438 g/mol. The summed E-state index contributed by atoms with van der Waals surface area (Å²) in [6.07, 6.45) is 0. The number of nitrogens with one attached hydrogen (secondary N) is 2. The summed E-state index contributed by atoms with van der Waals surface area (Å²) in [5.74, 6) is -0.751. The maximum atomic E-state index is 12.7. The van der Waals surface area contributed by atoms with Crippen molar-refractivity contribution in [2.75, 3.05) is 44.0 Å². The molecule has 1 aliphatic rings. The number of anilines is 2. The Hall–Kier alpha value is -3.57. The van der Waals surface area contributed by atoms with Gasteiger partial charge in [0.1, 0.15) is 11.4 Å². The minimum atomic E-state index is -3.89. The van der Waals surface area contributed by atoms with E-state index >= 15 is 0 Å². The fourth-order valence-corrected chi connectivity index (χ4v) is 4.21. The zero-order valence-electron chi connectivity index (χ0n) is 17.5. The molecule has 0 aromatic heterocycles. The summed E-state index contributed by atoms with van der Waals surface area (Å²) in [6, 6.07) is 12.3. The number of methoxy groups -OCH3 is 2. The molecule has 3 rings (SSSR count). The quantitative estimate of drug-likeness (QED) is 0.474. The van der Waals surface area contributed by atoms with Gasteiger partial charge in [-0.2, -0.15) is 0 Å². The van der Waals surface area contributed by atoms with E-state index in [1.165, 1.54) is 43.4 Å². The van der Waals surface area contributed by atoms with Crippen LogP contribution in [0.1, 0.15) is 0 Å². The number of hydrogen-bond acceptors (Lipinski definition) is 8. The third-order valence-corrected chi connectivity index (χ3v) is 6.12. The normalized spacial score (nSPS) is 13.8. The lowest BCUT2D eigenvalue weighted by molar-refractivity contribution is -0.136. The van der Waals surface area contributed by atoms with Crippen molar-refractivity contribution in [3.63, 3.8) is 0 Å². The number of esters is 1. The van der Waals surface area contributed by atoms with Gasteiger partial charge in [0.05, 0.1) is 43.5 Å². The highest BCUT2D eigenvalue weighted by Crippen LogP contribution is 2.27. The van der Waals surface area contributed by atoms with Gasteiger partial charge in [0.15, 0.2) is 0 Å². The first-order valence-corrected chi connectivity index (χ1v) is 11.0. The number of amides is 1. The maximum absolute atomic E-state index is 12.7. The van der Waals surface area contributed by atoms with Crippen LogP contribution < -0.4 is 14.8 Å². The number of carbonyl (C=O) groups is 2. The van der Waals surface area contributed by atoms with E-state index in [4.69, 9.17) is 14.6 Å². The Morgan fingerprint density at radius 2 is 1.81 bits per heavy atom. The molecular formula is C21H23N3O7S. The van der Waals surface area contributed by atoms with E-state index in [2.05, 4.69) is 10.0 Å². The fourth-order valence-electron chi connectivity index (χ4n) is 3.14. The molecule has 0 radical (unpaired) electrons. The van der Waals surface area contributed by atoms with E-state index in [0.717, 1.165) is 0 Å². The van der Waals surface area contributed by atoms with E-state index in [9.17, 15) is 18.0 Å². The first-order chi connectivity index (χ1) is 15.3. The summed E-state index contributed by atoms with van der Waals surface area (Å²) in [6.45, 7) is -0.181. The molecule has 1 aliphatic heterocycles. The topological polar surface area (TPSA) is 134 Å². The highest BCUT2D eigenvalue weighted by molar-refractivity contribution is 7.92. The van der Waals surface area contributed by atoms with Gasteiger partial charge in [-0.1, -0.05) is 12.1 Å². The number of nitrogens with zero attached hydrogens (tertiary/aromatic N) is 1. The van der Waals surface area contributed by atoms with Crippen LogP contribution in [0.15, 0.2) is 64.7 Å². The van der Waals surface area contributed by atoms with Crippen LogP contribution in [0.25, 0.3) is 0 Å². The van der Waals surface area contributed by atoms with Crippen molar-refractivity contribution >= 4 is 33.3 Å². The molecule has 1 amide bonds. The van der Waals surface area contributed by atoms with Crippen LogP contribution >= 0.6 is 0 Å². The largest absolute Gasteiger partial charge is 0.495 e. The molecule has 11 heteroatoms. The van der Waals surface area contributed by atoms with Crippen LogP contribution in [-0.4, -0.2) is 64.2 Å². The van der Waals surface area contributed by atoms with Crippen LogP contribution in [-0.2, 0) is 24.3 Å². The molecule has 1 heterocycles. The Balaban J connectivity index is 1.81. The molecule has 10 nitrogen and oxygen atoms in total. The first kappa shape index (κ1) is 23.1. The van der Waals surface area contributed by atoms with Gasteiger partial charge in [0, 0.05) is 12.2 Å². The lowest BCUT2D eigenvalue weighted by atomic mass is 10.2. The predicted molar refractivity (Wildman–Crippen MR) is 117 cm³/mol. The van der Waals surface area contributed by atoms with E-state index < -0.39 is 21.9 Å². The van der Waals surface area contributed by atoms with Crippen molar-refractivity contribution in [3.05, 3.63) is 59.8 Å². The van der Waals surface area contributed by atoms with Gasteiger partial charge in [-0.15, -0.1) is 0 Å². The second-order valence-electron chi connectivity index (χ2n) is 6.75. The van der Waals surface area contributed by atoms with Crippen molar-refractivity contribution in [2.24, 2.45) is 0 Å². The summed E-state index contributed by atoms with van der Waals surface area (Å²) in [5.41, 5.74) is 0.844. The number of rotatable bonds is 9. The average molecular weight is 461 g/mol. The van der Waals surface area contributed by atoms with E-state index in [0.29, 0.717) is 17.1 Å². The Morgan fingerprint density at radius 1 is 1.12 bits per heavy atom. The molecule has 3 N–H and O–H groups in total. The van der Waals surface area contributed by atoms with Gasteiger partial charge in [-0.05, 0) is 36.4 Å².